The Morgan fingerprint density at radius 2 is 2.38 bits per heavy atom. The quantitative estimate of drug-likeness (QED) is 0.712. The highest BCUT2D eigenvalue weighted by Crippen LogP contribution is 2.27. The molecule has 0 amide bonds. The topological polar surface area (TPSA) is 64.1 Å². The summed E-state index contributed by atoms with van der Waals surface area (Å²) in [5, 5.41) is 13.3. The summed E-state index contributed by atoms with van der Waals surface area (Å²) in [6, 6.07) is 0. The molecule has 3 N–H and O–H groups in total. The van der Waals surface area contributed by atoms with Crippen molar-refractivity contribution >= 4 is 17.6 Å². The number of aromatic nitrogens is 2. The SMILES string of the molecule is CC(C)Sc1cnn(CCO)c1N. The van der Waals surface area contributed by atoms with E-state index in [9.17, 15) is 0 Å². The third-order valence-electron chi connectivity index (χ3n) is 1.52. The predicted molar refractivity (Wildman–Crippen MR) is 54.7 cm³/mol. The van der Waals surface area contributed by atoms with Crippen LogP contribution < -0.4 is 5.73 Å². The lowest BCUT2D eigenvalue weighted by atomic mass is 10.6. The van der Waals surface area contributed by atoms with Gasteiger partial charge in [0, 0.05) is 5.25 Å². The molecule has 0 aliphatic heterocycles. The van der Waals surface area contributed by atoms with E-state index in [0.717, 1.165) is 4.90 Å². The van der Waals surface area contributed by atoms with Crippen molar-refractivity contribution in [3.63, 3.8) is 0 Å². The van der Waals surface area contributed by atoms with Crippen LogP contribution in [0.4, 0.5) is 5.82 Å². The highest BCUT2D eigenvalue weighted by molar-refractivity contribution is 8.00. The first-order valence-corrected chi connectivity index (χ1v) is 5.12. The number of hydrogen-bond donors (Lipinski definition) is 2. The van der Waals surface area contributed by atoms with Crippen molar-refractivity contribution in [3.05, 3.63) is 6.20 Å². The van der Waals surface area contributed by atoms with E-state index in [0.29, 0.717) is 17.6 Å². The summed E-state index contributed by atoms with van der Waals surface area (Å²) in [6.45, 7) is 4.74. The molecule has 74 valence electrons. The molecular formula is C8H15N3OS. The third kappa shape index (κ3) is 2.63. The molecule has 1 aromatic heterocycles. The van der Waals surface area contributed by atoms with Crippen LogP contribution in [0.2, 0.25) is 0 Å². The molecule has 0 aliphatic rings. The molecule has 0 aromatic carbocycles. The molecule has 1 rings (SSSR count). The molecule has 5 heteroatoms. The van der Waals surface area contributed by atoms with Crippen LogP contribution >= 0.6 is 11.8 Å². The smallest absolute Gasteiger partial charge is 0.135 e. The van der Waals surface area contributed by atoms with Crippen LogP contribution in [0.15, 0.2) is 11.1 Å². The summed E-state index contributed by atoms with van der Waals surface area (Å²) < 4.78 is 1.62. The summed E-state index contributed by atoms with van der Waals surface area (Å²) in [5.41, 5.74) is 5.81. The lowest BCUT2D eigenvalue weighted by Crippen LogP contribution is -2.07. The number of anilines is 1. The minimum absolute atomic E-state index is 0.0671. The Morgan fingerprint density at radius 1 is 1.69 bits per heavy atom. The van der Waals surface area contributed by atoms with Crippen molar-refractivity contribution in [1.82, 2.24) is 9.78 Å². The first kappa shape index (κ1) is 10.4. The third-order valence-corrected chi connectivity index (χ3v) is 2.56. The van der Waals surface area contributed by atoms with Crippen molar-refractivity contribution in [2.75, 3.05) is 12.3 Å². The first-order chi connectivity index (χ1) is 6.15. The molecule has 13 heavy (non-hydrogen) atoms. The lowest BCUT2D eigenvalue weighted by molar-refractivity contribution is 0.270. The molecule has 0 spiro atoms. The number of thioether (sulfide) groups is 1. The number of rotatable bonds is 4. The van der Waals surface area contributed by atoms with Gasteiger partial charge < -0.3 is 10.8 Å². The number of aliphatic hydroxyl groups excluding tert-OH is 1. The van der Waals surface area contributed by atoms with Gasteiger partial charge in [-0.15, -0.1) is 11.8 Å². The Hall–Kier alpha value is -0.680. The van der Waals surface area contributed by atoms with Gasteiger partial charge in [0.15, 0.2) is 0 Å². The van der Waals surface area contributed by atoms with E-state index < -0.39 is 0 Å². The number of nitrogen functional groups attached to an aromatic ring is 1. The summed E-state index contributed by atoms with van der Waals surface area (Å²) in [5.74, 6) is 0.646. The summed E-state index contributed by atoms with van der Waals surface area (Å²) in [7, 11) is 0. The van der Waals surface area contributed by atoms with Crippen LogP contribution in [0, 0.1) is 0 Å². The first-order valence-electron chi connectivity index (χ1n) is 4.24. The average Bonchev–Trinajstić information content (AvgIpc) is 2.36. The maximum absolute atomic E-state index is 8.71. The number of hydrogen-bond acceptors (Lipinski definition) is 4. The zero-order valence-corrected chi connectivity index (χ0v) is 8.71. The number of nitrogens with two attached hydrogens (primary N) is 1. The Morgan fingerprint density at radius 3 is 2.92 bits per heavy atom. The van der Waals surface area contributed by atoms with Crippen LogP contribution in [-0.4, -0.2) is 26.7 Å². The molecule has 0 saturated heterocycles. The molecule has 0 bridgehead atoms. The van der Waals surface area contributed by atoms with Gasteiger partial charge in [0.2, 0.25) is 0 Å². The van der Waals surface area contributed by atoms with Crippen LogP contribution in [0.25, 0.3) is 0 Å². The van der Waals surface area contributed by atoms with Gasteiger partial charge in [0.25, 0.3) is 0 Å². The van der Waals surface area contributed by atoms with Gasteiger partial charge in [-0.3, -0.25) is 0 Å². The van der Waals surface area contributed by atoms with Crippen LogP contribution in [-0.2, 0) is 6.54 Å². The van der Waals surface area contributed by atoms with Crippen LogP contribution in [0.1, 0.15) is 13.8 Å². The molecule has 0 fully saturated rings. The second-order valence-corrected chi connectivity index (χ2v) is 4.63. The van der Waals surface area contributed by atoms with Crippen molar-refractivity contribution in [1.29, 1.82) is 0 Å². The maximum atomic E-state index is 8.71. The van der Waals surface area contributed by atoms with Gasteiger partial charge in [-0.2, -0.15) is 5.10 Å². The van der Waals surface area contributed by atoms with E-state index in [4.69, 9.17) is 10.8 Å². The van der Waals surface area contributed by atoms with Gasteiger partial charge in [-0.25, -0.2) is 4.68 Å². The van der Waals surface area contributed by atoms with E-state index in [1.807, 2.05) is 0 Å². The highest BCUT2D eigenvalue weighted by atomic mass is 32.2. The minimum Gasteiger partial charge on any atom is -0.394 e. The normalized spacial score (nSPS) is 11.1. The Labute approximate surface area is 82.1 Å². The number of nitrogens with zero attached hydrogens (tertiary/aromatic N) is 2. The monoisotopic (exact) mass is 201 g/mol. The van der Waals surface area contributed by atoms with Crippen molar-refractivity contribution < 1.29 is 5.11 Å². The van der Waals surface area contributed by atoms with Crippen LogP contribution in [0.3, 0.4) is 0 Å². The lowest BCUT2D eigenvalue weighted by Gasteiger charge is -2.04. The molecule has 0 unspecified atom stereocenters. The summed E-state index contributed by atoms with van der Waals surface area (Å²) in [4.78, 5) is 0.989. The standard InChI is InChI=1S/C8H15N3OS/c1-6(2)13-7-5-10-11(3-4-12)8(7)9/h5-6,12H,3-4,9H2,1-2H3. The second kappa shape index (κ2) is 4.53. The van der Waals surface area contributed by atoms with E-state index in [1.165, 1.54) is 0 Å². The summed E-state index contributed by atoms with van der Waals surface area (Å²) in [6.07, 6.45) is 1.75. The summed E-state index contributed by atoms with van der Waals surface area (Å²) >= 11 is 1.68. The highest BCUT2D eigenvalue weighted by Gasteiger charge is 2.08. The number of aliphatic hydroxyl groups is 1. The van der Waals surface area contributed by atoms with Crippen LogP contribution in [0.5, 0.6) is 0 Å². The van der Waals surface area contributed by atoms with Gasteiger partial charge >= 0.3 is 0 Å². The largest absolute Gasteiger partial charge is 0.394 e. The van der Waals surface area contributed by atoms with Gasteiger partial charge in [0.05, 0.1) is 24.2 Å². The fraction of sp³-hybridized carbons (Fsp3) is 0.625. The Kier molecular flexibility index (Phi) is 3.62. The predicted octanol–water partition coefficient (Wildman–Crippen LogP) is 0.958. The average molecular weight is 201 g/mol. The van der Waals surface area contributed by atoms with Crippen molar-refractivity contribution in [2.45, 2.75) is 30.5 Å². The minimum atomic E-state index is 0.0671. The molecule has 0 radical (unpaired) electrons. The van der Waals surface area contributed by atoms with E-state index in [2.05, 4.69) is 18.9 Å². The molecule has 1 aromatic rings. The molecule has 0 atom stereocenters. The van der Waals surface area contributed by atoms with Gasteiger partial charge in [0.1, 0.15) is 5.82 Å². The molecule has 0 aliphatic carbocycles. The fourth-order valence-corrected chi connectivity index (χ4v) is 1.84. The Bertz CT molecular complexity index is 272. The van der Waals surface area contributed by atoms with E-state index >= 15 is 0 Å². The zero-order chi connectivity index (χ0) is 9.84. The van der Waals surface area contributed by atoms with Crippen molar-refractivity contribution in [2.24, 2.45) is 0 Å². The maximum Gasteiger partial charge on any atom is 0.135 e. The fourth-order valence-electron chi connectivity index (χ4n) is 0.995. The molecule has 0 saturated carbocycles. The molecule has 4 nitrogen and oxygen atoms in total. The van der Waals surface area contributed by atoms with Gasteiger partial charge in [-0.05, 0) is 0 Å². The molecule has 1 heterocycles. The van der Waals surface area contributed by atoms with Gasteiger partial charge in [-0.1, -0.05) is 13.8 Å². The molecular weight excluding hydrogens is 186 g/mol. The zero-order valence-electron chi connectivity index (χ0n) is 7.90. The van der Waals surface area contributed by atoms with Crippen molar-refractivity contribution in [3.8, 4) is 0 Å². The second-order valence-electron chi connectivity index (χ2n) is 3.01. The van der Waals surface area contributed by atoms with E-state index in [1.54, 1.807) is 22.6 Å². The Balaban J connectivity index is 2.74. The van der Waals surface area contributed by atoms with E-state index in [-0.39, 0.29) is 6.61 Å².